The Labute approximate surface area is 133 Å². The van der Waals surface area contributed by atoms with Gasteiger partial charge < -0.3 is 10.1 Å². The first-order chi connectivity index (χ1) is 10.9. The van der Waals surface area contributed by atoms with E-state index >= 15 is 0 Å². The number of ether oxygens (including phenoxy) is 1. The molecule has 0 aliphatic carbocycles. The molecule has 124 valence electrons. The molecule has 1 spiro atoms. The minimum absolute atomic E-state index is 0.169. The smallest absolute Gasteiger partial charge is 0.322 e. The van der Waals surface area contributed by atoms with Crippen molar-refractivity contribution in [3.63, 3.8) is 0 Å². The van der Waals surface area contributed by atoms with Crippen molar-refractivity contribution < 1.29 is 22.7 Å². The number of sulfonamides is 1. The minimum Gasteiger partial charge on any atom is -0.497 e. The molecule has 9 heteroatoms. The van der Waals surface area contributed by atoms with E-state index in [4.69, 9.17) is 4.74 Å². The molecule has 23 heavy (non-hydrogen) atoms. The SMILES string of the molecule is COc1ccc(S(=O)(=O)N2CCC3(CC2)NC(=O)NC3=O)cc1. The van der Waals surface area contributed by atoms with Crippen molar-refractivity contribution in [3.8, 4) is 5.75 Å². The lowest BCUT2D eigenvalue weighted by atomic mass is 9.89. The van der Waals surface area contributed by atoms with Crippen molar-refractivity contribution in [1.82, 2.24) is 14.9 Å². The summed E-state index contributed by atoms with van der Waals surface area (Å²) < 4.78 is 31.6. The molecular weight excluding hydrogens is 322 g/mol. The van der Waals surface area contributed by atoms with Crippen LogP contribution in [0.25, 0.3) is 0 Å². The first-order valence-electron chi connectivity index (χ1n) is 7.15. The number of benzene rings is 1. The van der Waals surface area contributed by atoms with Crippen LogP contribution >= 0.6 is 0 Å². The van der Waals surface area contributed by atoms with Crippen LogP contribution in [0.1, 0.15) is 12.8 Å². The second-order valence-electron chi connectivity index (χ2n) is 5.57. The number of hydrogen-bond acceptors (Lipinski definition) is 5. The molecule has 0 saturated carbocycles. The van der Waals surface area contributed by atoms with Gasteiger partial charge in [0.05, 0.1) is 12.0 Å². The molecule has 2 heterocycles. The molecule has 3 rings (SSSR count). The number of amides is 3. The summed E-state index contributed by atoms with van der Waals surface area (Å²) in [7, 11) is -2.12. The fourth-order valence-electron chi connectivity index (χ4n) is 2.89. The van der Waals surface area contributed by atoms with Crippen molar-refractivity contribution >= 4 is 22.0 Å². The fraction of sp³-hybridized carbons (Fsp3) is 0.429. The zero-order valence-corrected chi connectivity index (χ0v) is 13.4. The Morgan fingerprint density at radius 2 is 1.74 bits per heavy atom. The average Bonchev–Trinajstić information content (AvgIpc) is 2.81. The molecule has 1 aromatic carbocycles. The number of hydrogen-bond donors (Lipinski definition) is 2. The zero-order valence-electron chi connectivity index (χ0n) is 12.5. The largest absolute Gasteiger partial charge is 0.497 e. The predicted molar refractivity (Wildman–Crippen MR) is 80.4 cm³/mol. The Morgan fingerprint density at radius 3 is 2.22 bits per heavy atom. The van der Waals surface area contributed by atoms with E-state index in [-0.39, 0.29) is 36.7 Å². The molecule has 0 bridgehead atoms. The van der Waals surface area contributed by atoms with Crippen molar-refractivity contribution in [2.24, 2.45) is 0 Å². The van der Waals surface area contributed by atoms with Gasteiger partial charge in [0.1, 0.15) is 11.3 Å². The maximum absolute atomic E-state index is 12.6. The van der Waals surface area contributed by atoms with E-state index in [0.29, 0.717) is 5.75 Å². The summed E-state index contributed by atoms with van der Waals surface area (Å²) in [4.78, 5) is 23.4. The molecule has 2 fully saturated rings. The Kier molecular flexibility index (Phi) is 3.77. The van der Waals surface area contributed by atoms with Crippen LogP contribution in [-0.4, -0.2) is 50.4 Å². The summed E-state index contributed by atoms with van der Waals surface area (Å²) in [6.45, 7) is 0.337. The van der Waals surface area contributed by atoms with Crippen LogP contribution < -0.4 is 15.4 Å². The average molecular weight is 339 g/mol. The summed E-state index contributed by atoms with van der Waals surface area (Å²) in [6.07, 6.45) is 0.500. The molecule has 8 nitrogen and oxygen atoms in total. The van der Waals surface area contributed by atoms with Crippen LogP contribution in [0.4, 0.5) is 4.79 Å². The third kappa shape index (κ3) is 2.66. The van der Waals surface area contributed by atoms with E-state index in [9.17, 15) is 18.0 Å². The van der Waals surface area contributed by atoms with Gasteiger partial charge in [0.2, 0.25) is 10.0 Å². The number of piperidine rings is 1. The van der Waals surface area contributed by atoms with E-state index < -0.39 is 21.6 Å². The van der Waals surface area contributed by atoms with E-state index in [1.54, 1.807) is 12.1 Å². The monoisotopic (exact) mass is 339 g/mol. The normalized spacial score (nSPS) is 21.1. The van der Waals surface area contributed by atoms with Crippen molar-refractivity contribution in [3.05, 3.63) is 24.3 Å². The second-order valence-corrected chi connectivity index (χ2v) is 7.51. The number of rotatable bonds is 3. The van der Waals surface area contributed by atoms with Crippen LogP contribution in [0.3, 0.4) is 0 Å². The van der Waals surface area contributed by atoms with Gasteiger partial charge in [-0.1, -0.05) is 0 Å². The van der Waals surface area contributed by atoms with Gasteiger partial charge in [0.15, 0.2) is 0 Å². The van der Waals surface area contributed by atoms with Crippen LogP contribution in [0.2, 0.25) is 0 Å². The third-order valence-electron chi connectivity index (χ3n) is 4.29. The maximum Gasteiger partial charge on any atom is 0.322 e. The molecule has 2 aliphatic heterocycles. The van der Waals surface area contributed by atoms with Gasteiger partial charge in [0, 0.05) is 13.1 Å². The number of carbonyl (C=O) groups is 2. The number of carbonyl (C=O) groups excluding carboxylic acids is 2. The number of nitrogens with one attached hydrogen (secondary N) is 2. The van der Waals surface area contributed by atoms with Gasteiger partial charge in [-0.2, -0.15) is 4.31 Å². The molecule has 2 aliphatic rings. The van der Waals surface area contributed by atoms with Crippen LogP contribution in [-0.2, 0) is 14.8 Å². The molecule has 3 amide bonds. The van der Waals surface area contributed by atoms with E-state index in [2.05, 4.69) is 10.6 Å². The predicted octanol–water partition coefficient (Wildman–Crippen LogP) is 0.0579. The highest BCUT2D eigenvalue weighted by atomic mass is 32.2. The summed E-state index contributed by atoms with van der Waals surface area (Å²) >= 11 is 0. The Morgan fingerprint density at radius 1 is 1.13 bits per heavy atom. The lowest BCUT2D eigenvalue weighted by Crippen LogP contribution is -2.55. The van der Waals surface area contributed by atoms with Gasteiger partial charge in [0.25, 0.3) is 5.91 Å². The Bertz CT molecular complexity index is 736. The van der Waals surface area contributed by atoms with Gasteiger partial charge in [-0.25, -0.2) is 13.2 Å². The van der Waals surface area contributed by atoms with Crippen molar-refractivity contribution in [1.29, 1.82) is 0 Å². The lowest BCUT2D eigenvalue weighted by molar-refractivity contribution is -0.125. The number of imide groups is 1. The molecule has 0 atom stereocenters. The first kappa shape index (κ1) is 15.8. The standard InChI is InChI=1S/C14H17N3O5S/c1-22-10-2-4-11(5-3-10)23(20,21)17-8-6-14(7-9-17)12(18)15-13(19)16-14/h2-5H,6-9H2,1H3,(H2,15,16,18,19). The van der Waals surface area contributed by atoms with Gasteiger partial charge in [-0.15, -0.1) is 0 Å². The Hall–Kier alpha value is -2.13. The summed E-state index contributed by atoms with van der Waals surface area (Å²) in [6, 6.07) is 5.62. The van der Waals surface area contributed by atoms with Crippen molar-refractivity contribution in [2.75, 3.05) is 20.2 Å². The lowest BCUT2D eigenvalue weighted by Gasteiger charge is -2.36. The van der Waals surface area contributed by atoms with Gasteiger partial charge in [-0.3, -0.25) is 10.1 Å². The maximum atomic E-state index is 12.6. The molecular formula is C14H17N3O5S. The summed E-state index contributed by atoms with van der Waals surface area (Å²) in [5.74, 6) is 0.191. The first-order valence-corrected chi connectivity index (χ1v) is 8.59. The number of urea groups is 1. The zero-order chi connectivity index (χ0) is 16.7. The van der Waals surface area contributed by atoms with E-state index in [0.717, 1.165) is 0 Å². The molecule has 0 unspecified atom stereocenters. The van der Waals surface area contributed by atoms with Crippen molar-refractivity contribution in [2.45, 2.75) is 23.3 Å². The number of methoxy groups -OCH3 is 1. The summed E-state index contributed by atoms with van der Waals surface area (Å²) in [5, 5.41) is 4.81. The Balaban J connectivity index is 1.76. The third-order valence-corrected chi connectivity index (χ3v) is 6.20. The van der Waals surface area contributed by atoms with Crippen LogP contribution in [0.15, 0.2) is 29.2 Å². The molecule has 0 aromatic heterocycles. The van der Waals surface area contributed by atoms with Gasteiger partial charge >= 0.3 is 6.03 Å². The quantitative estimate of drug-likeness (QED) is 0.758. The fourth-order valence-corrected chi connectivity index (χ4v) is 4.33. The second kappa shape index (κ2) is 5.50. The highest BCUT2D eigenvalue weighted by Gasteiger charge is 2.49. The molecule has 2 saturated heterocycles. The minimum atomic E-state index is -3.63. The topological polar surface area (TPSA) is 105 Å². The van der Waals surface area contributed by atoms with E-state index in [1.165, 1.54) is 23.5 Å². The summed E-state index contributed by atoms with van der Waals surface area (Å²) in [5.41, 5.74) is -0.983. The molecule has 2 N–H and O–H groups in total. The van der Waals surface area contributed by atoms with Crippen LogP contribution in [0.5, 0.6) is 5.75 Å². The van der Waals surface area contributed by atoms with E-state index in [1.807, 2.05) is 0 Å². The number of nitrogens with zero attached hydrogens (tertiary/aromatic N) is 1. The highest BCUT2D eigenvalue weighted by molar-refractivity contribution is 7.89. The van der Waals surface area contributed by atoms with Gasteiger partial charge in [-0.05, 0) is 37.1 Å². The highest BCUT2D eigenvalue weighted by Crippen LogP contribution is 2.29. The molecule has 1 aromatic rings. The van der Waals surface area contributed by atoms with Crippen LogP contribution in [0, 0.1) is 0 Å². The molecule has 0 radical (unpaired) electrons.